The number of methoxy groups -OCH3 is 1. The van der Waals surface area contributed by atoms with Crippen LogP contribution in [0.1, 0.15) is 84.1 Å². The van der Waals surface area contributed by atoms with E-state index >= 15 is 0 Å². The molecule has 3 atom stereocenters. The maximum absolute atomic E-state index is 13.1. The van der Waals surface area contributed by atoms with Crippen LogP contribution in [-0.4, -0.2) is 39.7 Å². The molecular weight excluding hydrogens is 374 g/mol. The van der Waals surface area contributed by atoms with Gasteiger partial charge in [0.05, 0.1) is 18.1 Å². The number of ether oxygens (including phenoxy) is 1. The number of benzene rings is 1. The third-order valence-corrected chi connectivity index (χ3v) is 7.36. The highest BCUT2D eigenvalue weighted by molar-refractivity contribution is 5.75. The molecule has 1 aliphatic carbocycles. The number of hydrogen-bond donors (Lipinski definition) is 0. The van der Waals surface area contributed by atoms with E-state index in [4.69, 9.17) is 4.74 Å². The molecule has 164 valence electrons. The first kappa shape index (κ1) is 21.4. The molecule has 4 rings (SSSR count). The van der Waals surface area contributed by atoms with Gasteiger partial charge < -0.3 is 4.74 Å². The Morgan fingerprint density at radius 3 is 2.50 bits per heavy atom. The van der Waals surface area contributed by atoms with Crippen molar-refractivity contribution in [2.75, 3.05) is 7.11 Å². The van der Waals surface area contributed by atoms with Gasteiger partial charge in [0, 0.05) is 24.2 Å². The van der Waals surface area contributed by atoms with Crippen LogP contribution in [0, 0.1) is 0 Å². The van der Waals surface area contributed by atoms with E-state index in [0.29, 0.717) is 18.1 Å². The van der Waals surface area contributed by atoms with Gasteiger partial charge in [0.15, 0.2) is 0 Å². The van der Waals surface area contributed by atoms with Crippen LogP contribution in [0.25, 0.3) is 11.0 Å². The van der Waals surface area contributed by atoms with Gasteiger partial charge in [-0.25, -0.2) is 4.98 Å². The molecule has 0 spiro atoms. The van der Waals surface area contributed by atoms with Crippen LogP contribution in [0.3, 0.4) is 0 Å². The zero-order chi connectivity index (χ0) is 21.1. The van der Waals surface area contributed by atoms with E-state index in [-0.39, 0.29) is 17.5 Å². The molecule has 5 nitrogen and oxygen atoms in total. The van der Waals surface area contributed by atoms with Crippen LogP contribution in [0.4, 0.5) is 0 Å². The van der Waals surface area contributed by atoms with Crippen LogP contribution in [0.5, 0.6) is 5.88 Å². The monoisotopic (exact) mass is 411 g/mol. The molecule has 2 fully saturated rings. The van der Waals surface area contributed by atoms with Crippen molar-refractivity contribution in [3.05, 3.63) is 34.6 Å². The van der Waals surface area contributed by atoms with Gasteiger partial charge in [-0.15, -0.1) is 0 Å². The zero-order valence-corrected chi connectivity index (χ0v) is 18.8. The van der Waals surface area contributed by atoms with Crippen molar-refractivity contribution < 1.29 is 4.74 Å². The molecule has 5 heteroatoms. The fourth-order valence-corrected chi connectivity index (χ4v) is 5.92. The minimum atomic E-state index is -0.118. The summed E-state index contributed by atoms with van der Waals surface area (Å²) in [4.78, 5) is 20.4. The van der Waals surface area contributed by atoms with Crippen molar-refractivity contribution >= 4 is 11.0 Å². The average Bonchev–Trinajstić information content (AvgIpc) is 3.07. The Kier molecular flexibility index (Phi) is 6.77. The first-order valence-corrected chi connectivity index (χ1v) is 11.9. The van der Waals surface area contributed by atoms with Gasteiger partial charge in [0.25, 0.3) is 5.88 Å². The van der Waals surface area contributed by atoms with E-state index in [1.54, 1.807) is 0 Å². The Hall–Kier alpha value is -1.88. The summed E-state index contributed by atoms with van der Waals surface area (Å²) in [7, 11) is 1.53. The summed E-state index contributed by atoms with van der Waals surface area (Å²) in [5.41, 5.74) is 1.60. The van der Waals surface area contributed by atoms with E-state index in [9.17, 15) is 4.79 Å². The van der Waals surface area contributed by atoms with Crippen LogP contribution in [0.2, 0.25) is 0 Å². The quantitative estimate of drug-likeness (QED) is 0.668. The largest absolute Gasteiger partial charge is 0.477 e. The van der Waals surface area contributed by atoms with Crippen molar-refractivity contribution in [3.8, 4) is 5.88 Å². The van der Waals surface area contributed by atoms with Crippen LogP contribution < -0.4 is 10.3 Å². The molecule has 1 saturated heterocycles. The van der Waals surface area contributed by atoms with Crippen molar-refractivity contribution in [2.24, 2.45) is 0 Å². The summed E-state index contributed by atoms with van der Waals surface area (Å²) in [6.07, 6.45) is 13.1. The fraction of sp³-hybridized carbons (Fsp3) is 0.680. The summed E-state index contributed by atoms with van der Waals surface area (Å²) >= 11 is 0. The minimum Gasteiger partial charge on any atom is -0.477 e. The number of rotatable bonds is 5. The summed E-state index contributed by atoms with van der Waals surface area (Å²) < 4.78 is 7.24. The first-order chi connectivity index (χ1) is 14.6. The molecule has 2 heterocycles. The molecule has 1 aliphatic heterocycles. The standard InChI is InChI=1S/C25H37N3O2/c1-18-15-16-21(27(18)20-11-7-5-4-6-8-12-20)17-19(2)28-23-14-10-9-13-22(23)26-24(30-3)25(28)29/h9-10,13-14,18-21H,4-8,11-12,15-17H2,1-3H3/t18?,19-,21-/m0/s1. The molecule has 0 amide bonds. The lowest BCUT2D eigenvalue weighted by Gasteiger charge is -2.38. The smallest absolute Gasteiger partial charge is 0.314 e. The highest BCUT2D eigenvalue weighted by atomic mass is 16.5. The molecule has 2 aromatic rings. The second kappa shape index (κ2) is 9.51. The van der Waals surface area contributed by atoms with Gasteiger partial charge in [0.1, 0.15) is 0 Å². The second-order valence-corrected chi connectivity index (χ2v) is 9.40. The Labute approximate surface area is 180 Å². The Morgan fingerprint density at radius 2 is 1.77 bits per heavy atom. The first-order valence-electron chi connectivity index (χ1n) is 11.9. The topological polar surface area (TPSA) is 47.4 Å². The van der Waals surface area contributed by atoms with Gasteiger partial charge in [-0.2, -0.15) is 0 Å². The number of aromatic nitrogens is 2. The predicted octanol–water partition coefficient (Wildman–Crippen LogP) is 5.32. The van der Waals surface area contributed by atoms with Gasteiger partial charge in [0.2, 0.25) is 0 Å². The van der Waals surface area contributed by atoms with E-state index in [0.717, 1.165) is 17.5 Å². The zero-order valence-electron chi connectivity index (χ0n) is 18.8. The lowest BCUT2D eigenvalue weighted by molar-refractivity contribution is 0.101. The number of nitrogens with zero attached hydrogens (tertiary/aromatic N) is 3. The number of fused-ring (bicyclic) bond motifs is 1. The van der Waals surface area contributed by atoms with Gasteiger partial charge in [-0.1, -0.05) is 44.2 Å². The molecule has 1 saturated carbocycles. The Morgan fingerprint density at radius 1 is 1.07 bits per heavy atom. The summed E-state index contributed by atoms with van der Waals surface area (Å²) in [5.74, 6) is 0.192. The maximum atomic E-state index is 13.1. The highest BCUT2D eigenvalue weighted by Crippen LogP contribution is 2.35. The van der Waals surface area contributed by atoms with E-state index < -0.39 is 0 Å². The molecule has 1 unspecified atom stereocenters. The predicted molar refractivity (Wildman–Crippen MR) is 122 cm³/mol. The van der Waals surface area contributed by atoms with E-state index in [2.05, 4.69) is 23.7 Å². The summed E-state index contributed by atoms with van der Waals surface area (Å²) in [5, 5.41) is 0. The van der Waals surface area contributed by atoms with Crippen LogP contribution in [0.15, 0.2) is 29.1 Å². The molecule has 1 aromatic carbocycles. The molecule has 1 aromatic heterocycles. The third kappa shape index (κ3) is 4.27. The summed E-state index contributed by atoms with van der Waals surface area (Å²) in [6.45, 7) is 4.59. The Balaban J connectivity index is 1.60. The average molecular weight is 412 g/mol. The molecular formula is C25H37N3O2. The van der Waals surface area contributed by atoms with Crippen molar-refractivity contribution in [2.45, 2.75) is 102 Å². The fourth-order valence-electron chi connectivity index (χ4n) is 5.92. The van der Waals surface area contributed by atoms with E-state index in [1.165, 1.54) is 64.9 Å². The molecule has 0 N–H and O–H groups in total. The number of hydrogen-bond acceptors (Lipinski definition) is 4. The molecule has 0 radical (unpaired) electrons. The second-order valence-electron chi connectivity index (χ2n) is 9.40. The van der Waals surface area contributed by atoms with Gasteiger partial charge >= 0.3 is 5.56 Å². The molecule has 30 heavy (non-hydrogen) atoms. The van der Waals surface area contributed by atoms with Crippen molar-refractivity contribution in [1.29, 1.82) is 0 Å². The van der Waals surface area contributed by atoms with Gasteiger partial charge in [-0.3, -0.25) is 14.3 Å². The SMILES string of the molecule is COc1nc2ccccc2n([C@@H](C)C[C@@H]2CCC(C)N2C2CCCCCCC2)c1=O. The van der Waals surface area contributed by atoms with Crippen LogP contribution >= 0.6 is 0 Å². The molecule has 2 aliphatic rings. The minimum absolute atomic E-state index is 0.102. The van der Waals surface area contributed by atoms with Crippen LogP contribution in [-0.2, 0) is 0 Å². The lowest BCUT2D eigenvalue weighted by atomic mass is 9.94. The summed E-state index contributed by atoms with van der Waals surface area (Å²) in [6, 6.07) is 9.91. The lowest BCUT2D eigenvalue weighted by Crippen LogP contribution is -2.44. The third-order valence-electron chi connectivity index (χ3n) is 7.36. The van der Waals surface area contributed by atoms with Crippen molar-refractivity contribution in [1.82, 2.24) is 14.5 Å². The highest BCUT2D eigenvalue weighted by Gasteiger charge is 2.36. The van der Waals surface area contributed by atoms with Crippen molar-refractivity contribution in [3.63, 3.8) is 0 Å². The number of para-hydroxylation sites is 2. The normalized spacial score (nSPS) is 25.2. The Bertz CT molecular complexity index is 901. The maximum Gasteiger partial charge on any atom is 0.314 e. The van der Waals surface area contributed by atoms with Gasteiger partial charge in [-0.05, 0) is 58.1 Å². The molecule has 0 bridgehead atoms. The van der Waals surface area contributed by atoms with E-state index in [1.807, 2.05) is 28.8 Å². The number of likely N-dealkylation sites (tertiary alicyclic amines) is 1.